The zero-order valence-electron chi connectivity index (χ0n) is 22.3. The van der Waals surface area contributed by atoms with Gasteiger partial charge in [0.15, 0.2) is 0 Å². The van der Waals surface area contributed by atoms with E-state index in [1.807, 2.05) is 11.3 Å². The minimum atomic E-state index is 1.25. The number of fused-ring (bicyclic) bond motifs is 3. The summed E-state index contributed by atoms with van der Waals surface area (Å²) in [6.07, 6.45) is 0. The van der Waals surface area contributed by atoms with E-state index in [0.29, 0.717) is 0 Å². The van der Waals surface area contributed by atoms with Gasteiger partial charge < -0.3 is 0 Å². The summed E-state index contributed by atoms with van der Waals surface area (Å²) >= 11 is 1.89. The third kappa shape index (κ3) is 3.46. The second kappa shape index (κ2) is 8.76. The van der Waals surface area contributed by atoms with Crippen LogP contribution >= 0.6 is 11.3 Å². The van der Waals surface area contributed by atoms with Gasteiger partial charge in [-0.2, -0.15) is 0 Å². The highest BCUT2D eigenvalue weighted by Gasteiger charge is 2.14. The highest BCUT2D eigenvalue weighted by atomic mass is 32.1. The Labute approximate surface area is 242 Å². The van der Waals surface area contributed by atoms with Crippen LogP contribution in [0.25, 0.3) is 85.9 Å². The smallest absolute Gasteiger partial charge is 0.0361 e. The molecule has 0 aliphatic rings. The molecule has 190 valence electrons. The van der Waals surface area contributed by atoms with E-state index in [-0.39, 0.29) is 0 Å². The van der Waals surface area contributed by atoms with Gasteiger partial charge in [0.25, 0.3) is 0 Å². The van der Waals surface area contributed by atoms with E-state index in [0.717, 1.165) is 0 Å². The van der Waals surface area contributed by atoms with Crippen molar-refractivity contribution in [1.82, 2.24) is 0 Å². The molecule has 0 N–H and O–H groups in total. The summed E-state index contributed by atoms with van der Waals surface area (Å²) in [6, 6.07) is 53.7. The van der Waals surface area contributed by atoms with E-state index in [4.69, 9.17) is 0 Å². The van der Waals surface area contributed by atoms with Crippen LogP contribution in [0.1, 0.15) is 0 Å². The van der Waals surface area contributed by atoms with E-state index in [1.165, 1.54) is 85.9 Å². The number of rotatable bonds is 3. The lowest BCUT2D eigenvalue weighted by atomic mass is 9.90. The molecule has 9 aromatic rings. The molecule has 0 nitrogen and oxygen atoms in total. The van der Waals surface area contributed by atoms with Crippen molar-refractivity contribution in [3.63, 3.8) is 0 Å². The molecule has 0 saturated heterocycles. The molecule has 0 fully saturated rings. The Morgan fingerprint density at radius 1 is 0.317 bits per heavy atom. The Bertz CT molecular complexity index is 2390. The number of hydrogen-bond donors (Lipinski definition) is 0. The van der Waals surface area contributed by atoms with Gasteiger partial charge in [-0.1, -0.05) is 133 Å². The Morgan fingerprint density at radius 2 is 0.854 bits per heavy atom. The van der Waals surface area contributed by atoms with E-state index >= 15 is 0 Å². The fourth-order valence-corrected chi connectivity index (χ4v) is 7.89. The summed E-state index contributed by atoms with van der Waals surface area (Å²) in [4.78, 5) is 0. The van der Waals surface area contributed by atoms with Crippen molar-refractivity contribution < 1.29 is 0 Å². The Hall–Kier alpha value is -4.98. The summed E-state index contributed by atoms with van der Waals surface area (Å²) < 4.78 is 2.66. The molecule has 8 aromatic carbocycles. The van der Waals surface area contributed by atoms with E-state index in [9.17, 15) is 0 Å². The highest BCUT2D eigenvalue weighted by molar-refractivity contribution is 7.25. The molecule has 0 radical (unpaired) electrons. The monoisotopic (exact) mass is 536 g/mol. The molecular formula is C40H24S. The lowest BCUT2D eigenvalue weighted by Gasteiger charge is -2.14. The average Bonchev–Trinajstić information content (AvgIpc) is 3.41. The van der Waals surface area contributed by atoms with Crippen LogP contribution in [0.4, 0.5) is 0 Å². The highest BCUT2D eigenvalue weighted by Crippen LogP contribution is 2.43. The van der Waals surface area contributed by atoms with Gasteiger partial charge in [-0.3, -0.25) is 0 Å². The first kappa shape index (κ1) is 22.8. The maximum absolute atomic E-state index is 2.39. The molecule has 0 atom stereocenters. The van der Waals surface area contributed by atoms with Crippen molar-refractivity contribution in [2.45, 2.75) is 0 Å². The van der Waals surface area contributed by atoms with Gasteiger partial charge in [0.2, 0.25) is 0 Å². The Balaban J connectivity index is 1.20. The van der Waals surface area contributed by atoms with Crippen molar-refractivity contribution in [3.05, 3.63) is 146 Å². The first-order valence-electron chi connectivity index (χ1n) is 14.1. The van der Waals surface area contributed by atoms with Crippen LogP contribution in [0.5, 0.6) is 0 Å². The van der Waals surface area contributed by atoms with Crippen LogP contribution in [0.15, 0.2) is 146 Å². The van der Waals surface area contributed by atoms with Crippen LogP contribution < -0.4 is 0 Å². The molecule has 41 heavy (non-hydrogen) atoms. The van der Waals surface area contributed by atoms with E-state index in [2.05, 4.69) is 146 Å². The summed E-state index contributed by atoms with van der Waals surface area (Å²) in [5.41, 5.74) is 7.62. The van der Waals surface area contributed by atoms with Crippen LogP contribution in [-0.2, 0) is 0 Å². The minimum Gasteiger partial charge on any atom is -0.135 e. The molecule has 0 saturated carbocycles. The van der Waals surface area contributed by atoms with Gasteiger partial charge in [0, 0.05) is 20.2 Å². The average molecular weight is 537 g/mol. The normalized spacial score (nSPS) is 11.9. The molecule has 0 aliphatic carbocycles. The van der Waals surface area contributed by atoms with Gasteiger partial charge >= 0.3 is 0 Å². The topological polar surface area (TPSA) is 0 Å². The van der Waals surface area contributed by atoms with Crippen LogP contribution in [0, 0.1) is 0 Å². The molecule has 1 aromatic heterocycles. The number of benzene rings is 8. The van der Waals surface area contributed by atoms with Crippen LogP contribution in [-0.4, -0.2) is 0 Å². The predicted octanol–water partition coefficient (Wildman–Crippen LogP) is 12.0. The van der Waals surface area contributed by atoms with E-state index in [1.54, 1.807) is 0 Å². The van der Waals surface area contributed by atoms with Crippen molar-refractivity contribution in [2.75, 3.05) is 0 Å². The van der Waals surface area contributed by atoms with Gasteiger partial charge in [0.1, 0.15) is 0 Å². The Kier molecular flexibility index (Phi) is 4.87. The largest absolute Gasteiger partial charge is 0.135 e. The second-order valence-electron chi connectivity index (χ2n) is 10.9. The Morgan fingerprint density at radius 3 is 1.56 bits per heavy atom. The molecule has 0 aliphatic heterocycles. The zero-order chi connectivity index (χ0) is 26.9. The molecular weight excluding hydrogens is 513 g/mol. The first-order chi connectivity index (χ1) is 20.3. The maximum Gasteiger partial charge on any atom is 0.0361 e. The fourth-order valence-electron chi connectivity index (χ4n) is 6.70. The number of thiophene rings is 1. The van der Waals surface area contributed by atoms with Crippen molar-refractivity contribution in [3.8, 4) is 33.4 Å². The summed E-state index contributed by atoms with van der Waals surface area (Å²) in [5, 5.41) is 10.6. The predicted molar refractivity (Wildman–Crippen MR) is 179 cm³/mol. The zero-order valence-corrected chi connectivity index (χ0v) is 23.1. The molecule has 1 heteroatoms. The van der Waals surface area contributed by atoms with Crippen LogP contribution in [0.3, 0.4) is 0 Å². The van der Waals surface area contributed by atoms with Gasteiger partial charge in [-0.15, -0.1) is 11.3 Å². The second-order valence-corrected chi connectivity index (χ2v) is 12.0. The van der Waals surface area contributed by atoms with Crippen molar-refractivity contribution in [2.24, 2.45) is 0 Å². The lowest BCUT2D eigenvalue weighted by Crippen LogP contribution is -1.87. The molecule has 0 amide bonds. The molecule has 9 rings (SSSR count). The van der Waals surface area contributed by atoms with E-state index < -0.39 is 0 Å². The maximum atomic E-state index is 2.39. The fraction of sp³-hybridized carbons (Fsp3) is 0. The molecule has 0 unspecified atom stereocenters. The van der Waals surface area contributed by atoms with Crippen LogP contribution in [0.2, 0.25) is 0 Å². The molecule has 1 heterocycles. The standard InChI is InChI=1S/C40H24S/c1-2-7-25(8-3-1)31-11-4-5-12-32(31)29-17-20-34-35-21-18-30(24-38(35)41-37(34)23-29)33-19-15-28-14-13-26-9-6-10-27-16-22-36(33)40(28)39(26)27/h1-24H. The third-order valence-corrected chi connectivity index (χ3v) is 9.75. The lowest BCUT2D eigenvalue weighted by molar-refractivity contribution is 1.60. The molecule has 0 bridgehead atoms. The van der Waals surface area contributed by atoms with Crippen molar-refractivity contribution >= 4 is 63.8 Å². The third-order valence-electron chi connectivity index (χ3n) is 8.64. The first-order valence-corrected chi connectivity index (χ1v) is 14.9. The van der Waals surface area contributed by atoms with Gasteiger partial charge in [-0.25, -0.2) is 0 Å². The quantitative estimate of drug-likeness (QED) is 0.197. The van der Waals surface area contributed by atoms with Gasteiger partial charge in [0.05, 0.1) is 0 Å². The SMILES string of the molecule is c1ccc(-c2ccccc2-c2ccc3c(c2)sc2cc(-c4ccc5ccc6cccc7ccc4c5c67)ccc23)cc1. The summed E-state index contributed by atoms with van der Waals surface area (Å²) in [7, 11) is 0. The van der Waals surface area contributed by atoms with Crippen molar-refractivity contribution in [1.29, 1.82) is 0 Å². The molecule has 0 spiro atoms. The summed E-state index contributed by atoms with van der Waals surface area (Å²) in [5.74, 6) is 0. The number of hydrogen-bond acceptors (Lipinski definition) is 1. The summed E-state index contributed by atoms with van der Waals surface area (Å²) in [6.45, 7) is 0. The minimum absolute atomic E-state index is 1.25. The van der Waals surface area contributed by atoms with Gasteiger partial charge in [-0.05, 0) is 77.8 Å².